The summed E-state index contributed by atoms with van der Waals surface area (Å²) in [4.78, 5) is 26.6. The van der Waals surface area contributed by atoms with Crippen molar-refractivity contribution in [1.82, 2.24) is 14.7 Å². The average molecular weight is 574 g/mol. The molecule has 0 N–H and O–H groups in total. The molecule has 1 amide bonds. The van der Waals surface area contributed by atoms with Gasteiger partial charge in [-0.3, -0.25) is 14.3 Å². The number of hydrogen-bond acceptors (Lipinski definition) is 5. The fourth-order valence-corrected chi connectivity index (χ4v) is 5.59. The molecule has 8 heteroatoms. The number of nitrogens with zero attached hydrogens (tertiary/aromatic N) is 3. The molecule has 7 nitrogen and oxygen atoms in total. The number of amides is 1. The minimum absolute atomic E-state index is 0.0137. The molecule has 4 rings (SSSR count). The van der Waals surface area contributed by atoms with Crippen molar-refractivity contribution in [3.05, 3.63) is 46.2 Å². The summed E-state index contributed by atoms with van der Waals surface area (Å²) in [5.41, 5.74) is 2.59. The van der Waals surface area contributed by atoms with Crippen LogP contribution in [0.25, 0.3) is 0 Å². The van der Waals surface area contributed by atoms with Gasteiger partial charge in [0.05, 0.1) is 23.8 Å². The van der Waals surface area contributed by atoms with Crippen LogP contribution in [0.5, 0.6) is 5.75 Å². The van der Waals surface area contributed by atoms with E-state index in [1.165, 1.54) is 19.8 Å². The third-order valence-electron chi connectivity index (χ3n) is 7.96. The normalized spacial score (nSPS) is 18.8. The second-order valence-corrected chi connectivity index (χ2v) is 11.8. The van der Waals surface area contributed by atoms with E-state index in [1.54, 1.807) is 10.7 Å². The van der Waals surface area contributed by atoms with Crippen molar-refractivity contribution in [2.24, 2.45) is 5.92 Å². The zero-order valence-electron chi connectivity index (χ0n) is 25.2. The third-order valence-corrected chi connectivity index (χ3v) is 8.27. The van der Waals surface area contributed by atoms with Crippen LogP contribution in [0.4, 0.5) is 0 Å². The molecule has 2 aliphatic rings. The molecule has 1 aromatic heterocycles. The third kappa shape index (κ3) is 9.07. The first-order chi connectivity index (χ1) is 19.1. The number of para-hydroxylation sites is 1. The second kappa shape index (κ2) is 15.6. The van der Waals surface area contributed by atoms with Crippen LogP contribution in [0.1, 0.15) is 102 Å². The van der Waals surface area contributed by atoms with Crippen LogP contribution in [0.15, 0.2) is 24.3 Å². The van der Waals surface area contributed by atoms with E-state index >= 15 is 0 Å². The number of carbonyl (C=O) groups is 2. The van der Waals surface area contributed by atoms with Crippen molar-refractivity contribution in [3.63, 3.8) is 0 Å². The van der Waals surface area contributed by atoms with E-state index in [1.807, 2.05) is 23.1 Å². The van der Waals surface area contributed by atoms with Crippen LogP contribution < -0.4 is 4.74 Å². The molecule has 1 fully saturated rings. The lowest BCUT2D eigenvalue weighted by Crippen LogP contribution is -2.45. The second-order valence-electron chi connectivity index (χ2n) is 11.4. The van der Waals surface area contributed by atoms with Gasteiger partial charge in [0.2, 0.25) is 5.91 Å². The Bertz CT molecular complexity index is 1110. The molecule has 1 aromatic carbocycles. The maximum atomic E-state index is 12.9. The molecule has 222 valence electrons. The largest absolute Gasteiger partial charge is 0.487 e. The Hall–Kier alpha value is -2.38. The SMILES string of the molecule is CC(=O)c1nn(CC(=O)N2CCCC(Oc3ccccc3Cl)C2)c2c1CCC2.CCC(C)CC(C)OC(C)CC. The Morgan fingerprint density at radius 2 is 1.82 bits per heavy atom. The van der Waals surface area contributed by atoms with Gasteiger partial charge in [-0.2, -0.15) is 5.10 Å². The summed E-state index contributed by atoms with van der Waals surface area (Å²) < 4.78 is 13.5. The highest BCUT2D eigenvalue weighted by molar-refractivity contribution is 6.32. The lowest BCUT2D eigenvalue weighted by atomic mass is 10.0. The molecule has 0 radical (unpaired) electrons. The highest BCUT2D eigenvalue weighted by Crippen LogP contribution is 2.28. The maximum Gasteiger partial charge on any atom is 0.244 e. The van der Waals surface area contributed by atoms with Gasteiger partial charge in [-0.25, -0.2) is 0 Å². The van der Waals surface area contributed by atoms with Crippen molar-refractivity contribution in [3.8, 4) is 5.75 Å². The molecule has 4 unspecified atom stereocenters. The number of carbonyl (C=O) groups excluding carboxylic acids is 2. The number of ether oxygens (including phenoxy) is 2. The summed E-state index contributed by atoms with van der Waals surface area (Å²) in [6.45, 7) is 14.0. The number of fused-ring (bicyclic) bond motifs is 1. The number of aromatic nitrogens is 2. The quantitative estimate of drug-likeness (QED) is 0.273. The number of ketones is 1. The van der Waals surface area contributed by atoms with E-state index < -0.39 is 0 Å². The molecule has 0 saturated carbocycles. The Kier molecular flexibility index (Phi) is 12.5. The highest BCUT2D eigenvalue weighted by atomic mass is 35.5. The zero-order valence-corrected chi connectivity index (χ0v) is 26.0. The van der Waals surface area contributed by atoms with Crippen molar-refractivity contribution < 1.29 is 19.1 Å². The summed E-state index contributed by atoms with van der Waals surface area (Å²) in [7, 11) is 0. The molecular weight excluding hydrogens is 526 g/mol. The number of Topliss-reactive ketones (excluding diaryl/α,β-unsaturated/α-hetero) is 1. The van der Waals surface area contributed by atoms with Gasteiger partial charge < -0.3 is 14.4 Å². The molecule has 1 aliphatic carbocycles. The van der Waals surface area contributed by atoms with Gasteiger partial charge in [0, 0.05) is 24.7 Å². The smallest absolute Gasteiger partial charge is 0.244 e. The van der Waals surface area contributed by atoms with Gasteiger partial charge in [0.25, 0.3) is 0 Å². The van der Waals surface area contributed by atoms with E-state index in [2.05, 4.69) is 39.7 Å². The van der Waals surface area contributed by atoms with Gasteiger partial charge in [0.1, 0.15) is 24.1 Å². The average Bonchev–Trinajstić information content (AvgIpc) is 3.54. The Labute approximate surface area is 245 Å². The molecule has 2 heterocycles. The molecule has 1 aliphatic heterocycles. The van der Waals surface area contributed by atoms with Crippen molar-refractivity contribution in [1.29, 1.82) is 0 Å². The highest BCUT2D eigenvalue weighted by Gasteiger charge is 2.29. The van der Waals surface area contributed by atoms with Gasteiger partial charge in [0.15, 0.2) is 5.78 Å². The fourth-order valence-electron chi connectivity index (χ4n) is 5.41. The van der Waals surface area contributed by atoms with Gasteiger partial charge >= 0.3 is 0 Å². The number of halogens is 1. The fraction of sp³-hybridized carbons (Fsp3) is 0.656. The van der Waals surface area contributed by atoms with E-state index in [-0.39, 0.29) is 24.3 Å². The maximum absolute atomic E-state index is 12.9. The summed E-state index contributed by atoms with van der Waals surface area (Å²) in [6, 6.07) is 7.40. The number of rotatable bonds is 11. The van der Waals surface area contributed by atoms with Crippen LogP contribution in [0, 0.1) is 5.92 Å². The Morgan fingerprint density at radius 3 is 2.50 bits per heavy atom. The van der Waals surface area contributed by atoms with Gasteiger partial charge in [-0.15, -0.1) is 0 Å². The lowest BCUT2D eigenvalue weighted by molar-refractivity contribution is -0.134. The van der Waals surface area contributed by atoms with E-state index in [0.29, 0.717) is 41.8 Å². The first-order valence-electron chi connectivity index (χ1n) is 15.1. The molecule has 4 atom stereocenters. The van der Waals surface area contributed by atoms with Crippen LogP contribution in [0.3, 0.4) is 0 Å². The van der Waals surface area contributed by atoms with E-state index in [9.17, 15) is 9.59 Å². The van der Waals surface area contributed by atoms with Crippen molar-refractivity contribution >= 4 is 23.3 Å². The molecular formula is C32H48ClN3O4. The number of likely N-dealkylation sites (tertiary alicyclic amines) is 1. The minimum atomic E-state index is -0.0753. The molecule has 0 bridgehead atoms. The van der Waals surface area contributed by atoms with Crippen molar-refractivity contribution in [2.75, 3.05) is 13.1 Å². The van der Waals surface area contributed by atoms with Crippen LogP contribution in [-0.2, 0) is 28.9 Å². The minimum Gasteiger partial charge on any atom is -0.487 e. The van der Waals surface area contributed by atoms with Crippen LogP contribution in [-0.4, -0.2) is 57.8 Å². The number of hydrogen-bond donors (Lipinski definition) is 0. The molecule has 0 spiro atoms. The zero-order chi connectivity index (χ0) is 29.2. The Morgan fingerprint density at radius 1 is 1.07 bits per heavy atom. The molecule has 1 saturated heterocycles. The van der Waals surface area contributed by atoms with Crippen LogP contribution >= 0.6 is 11.6 Å². The molecule has 2 aromatic rings. The molecule has 40 heavy (non-hydrogen) atoms. The first-order valence-corrected chi connectivity index (χ1v) is 15.4. The summed E-state index contributed by atoms with van der Waals surface area (Å²) in [5.74, 6) is 1.43. The number of benzene rings is 1. The van der Waals surface area contributed by atoms with E-state index in [4.69, 9.17) is 21.1 Å². The standard InChI is InChI=1S/C21H24ClN3O3.C11H24O/c1-14(26)21-16-7-4-9-18(16)25(23-21)13-20(27)24-11-5-6-15(12-24)28-19-10-3-2-8-17(19)22;1-6-9(3)8-11(5)12-10(4)7-2/h2-3,8,10,15H,4-7,9,11-13H2,1H3;9-11H,6-8H2,1-5H3. The predicted octanol–water partition coefficient (Wildman–Crippen LogP) is 6.92. The van der Waals surface area contributed by atoms with Gasteiger partial charge in [-0.1, -0.05) is 50.9 Å². The summed E-state index contributed by atoms with van der Waals surface area (Å²) >= 11 is 6.19. The monoisotopic (exact) mass is 573 g/mol. The van der Waals surface area contributed by atoms with Crippen molar-refractivity contribution in [2.45, 2.75) is 118 Å². The number of piperidine rings is 1. The summed E-state index contributed by atoms with van der Waals surface area (Å²) in [5, 5.41) is 5.01. The predicted molar refractivity (Wildman–Crippen MR) is 160 cm³/mol. The Balaban J connectivity index is 0.000000312. The summed E-state index contributed by atoms with van der Waals surface area (Å²) in [6.07, 6.45) is 8.88. The lowest BCUT2D eigenvalue weighted by Gasteiger charge is -2.33. The topological polar surface area (TPSA) is 73.7 Å². The first kappa shape index (κ1) is 32.1. The van der Waals surface area contributed by atoms with Gasteiger partial charge in [-0.05, 0) is 76.8 Å². The van der Waals surface area contributed by atoms with E-state index in [0.717, 1.165) is 55.7 Å². The van der Waals surface area contributed by atoms with Crippen LogP contribution in [0.2, 0.25) is 5.02 Å².